The van der Waals surface area contributed by atoms with Crippen molar-refractivity contribution in [3.8, 4) is 11.5 Å². The minimum atomic E-state index is -1.05. The van der Waals surface area contributed by atoms with Crippen molar-refractivity contribution in [1.29, 1.82) is 0 Å². The van der Waals surface area contributed by atoms with E-state index in [2.05, 4.69) is 5.32 Å². The smallest absolute Gasteiger partial charge is 0.339 e. The highest BCUT2D eigenvalue weighted by Crippen LogP contribution is 2.36. The first-order valence-electron chi connectivity index (χ1n) is 7.55. The number of carbonyl (C=O) groups excluding carboxylic acids is 2. The fraction of sp³-hybridized carbons (Fsp3) is 0.222. The molecule has 1 N–H and O–H groups in total. The lowest BCUT2D eigenvalue weighted by Gasteiger charge is -2.15. The summed E-state index contributed by atoms with van der Waals surface area (Å²) < 4.78 is 15.4. The number of nitrogens with one attached hydrogen (secondary N) is 1. The molecule has 2 rings (SSSR count). The van der Waals surface area contributed by atoms with E-state index in [-0.39, 0.29) is 16.3 Å². The highest BCUT2D eigenvalue weighted by atomic mass is 35.5. The number of rotatable bonds is 6. The third-order valence-corrected chi connectivity index (χ3v) is 4.06. The molecule has 26 heavy (non-hydrogen) atoms. The van der Waals surface area contributed by atoms with Crippen molar-refractivity contribution in [2.45, 2.75) is 13.0 Å². The number of halogens is 2. The fourth-order valence-electron chi connectivity index (χ4n) is 2.11. The van der Waals surface area contributed by atoms with Crippen molar-refractivity contribution >= 4 is 40.8 Å². The predicted molar refractivity (Wildman–Crippen MR) is 99.5 cm³/mol. The molecular formula is C18H17Cl2NO5. The number of carbonyl (C=O) groups is 2. The number of hydrogen-bond donors (Lipinski definition) is 1. The normalized spacial score (nSPS) is 11.4. The number of para-hydroxylation sites is 1. The highest BCUT2D eigenvalue weighted by Gasteiger charge is 2.22. The maximum absolute atomic E-state index is 12.3. The first kappa shape index (κ1) is 19.9. The number of amides is 1. The molecule has 0 aliphatic carbocycles. The summed E-state index contributed by atoms with van der Waals surface area (Å²) in [6, 6.07) is 9.55. The Morgan fingerprint density at radius 1 is 1.04 bits per heavy atom. The summed E-state index contributed by atoms with van der Waals surface area (Å²) in [5.41, 5.74) is 0.557. The molecule has 0 spiro atoms. The van der Waals surface area contributed by atoms with Gasteiger partial charge in [-0.15, -0.1) is 0 Å². The van der Waals surface area contributed by atoms with Crippen LogP contribution in [0.5, 0.6) is 11.5 Å². The molecule has 0 fully saturated rings. The van der Waals surface area contributed by atoms with E-state index in [4.69, 9.17) is 37.4 Å². The molecule has 1 unspecified atom stereocenters. The van der Waals surface area contributed by atoms with Gasteiger partial charge < -0.3 is 19.5 Å². The number of benzene rings is 2. The van der Waals surface area contributed by atoms with Gasteiger partial charge in [0.15, 0.2) is 17.6 Å². The van der Waals surface area contributed by atoms with Crippen molar-refractivity contribution in [3.05, 3.63) is 52.0 Å². The SMILES string of the molecule is COc1cc(C(=O)OC(C)C(=O)Nc2ccccc2Cl)cc(Cl)c1OC. The standard InChI is InChI=1S/C18H17Cl2NO5/c1-10(17(22)21-14-7-5-4-6-12(14)19)26-18(23)11-8-13(20)16(25-3)15(9-11)24-2/h4-10H,1-3H3,(H,21,22). The molecule has 0 aliphatic heterocycles. The molecule has 0 bridgehead atoms. The summed E-state index contributed by atoms with van der Waals surface area (Å²) in [6.45, 7) is 1.45. The number of anilines is 1. The van der Waals surface area contributed by atoms with Gasteiger partial charge in [0.2, 0.25) is 0 Å². The first-order chi connectivity index (χ1) is 12.4. The number of hydrogen-bond acceptors (Lipinski definition) is 5. The number of ether oxygens (including phenoxy) is 3. The van der Waals surface area contributed by atoms with E-state index in [1.165, 1.54) is 33.3 Å². The largest absolute Gasteiger partial charge is 0.493 e. The summed E-state index contributed by atoms with van der Waals surface area (Å²) in [5.74, 6) is -0.664. The van der Waals surface area contributed by atoms with Crippen LogP contribution in [-0.4, -0.2) is 32.2 Å². The van der Waals surface area contributed by atoms with Crippen molar-refractivity contribution in [2.75, 3.05) is 19.5 Å². The van der Waals surface area contributed by atoms with Crippen LogP contribution in [0.4, 0.5) is 5.69 Å². The summed E-state index contributed by atoms with van der Waals surface area (Å²) >= 11 is 12.1. The van der Waals surface area contributed by atoms with Gasteiger partial charge in [-0.1, -0.05) is 35.3 Å². The maximum Gasteiger partial charge on any atom is 0.339 e. The molecule has 0 saturated carbocycles. The summed E-state index contributed by atoms with van der Waals surface area (Å²) in [5, 5.41) is 3.17. The third-order valence-electron chi connectivity index (χ3n) is 3.45. The van der Waals surface area contributed by atoms with Crippen LogP contribution in [0.25, 0.3) is 0 Å². The molecule has 0 radical (unpaired) electrons. The van der Waals surface area contributed by atoms with Crippen LogP contribution in [0.2, 0.25) is 10.0 Å². The zero-order chi connectivity index (χ0) is 19.3. The Morgan fingerprint density at radius 2 is 1.73 bits per heavy atom. The van der Waals surface area contributed by atoms with Crippen LogP contribution in [0.15, 0.2) is 36.4 Å². The Balaban J connectivity index is 2.10. The Morgan fingerprint density at radius 3 is 2.35 bits per heavy atom. The van der Waals surface area contributed by atoms with Crippen LogP contribution in [0, 0.1) is 0 Å². The van der Waals surface area contributed by atoms with E-state index in [0.29, 0.717) is 16.5 Å². The third kappa shape index (κ3) is 4.59. The molecule has 1 amide bonds. The molecule has 0 aliphatic rings. The van der Waals surface area contributed by atoms with Gasteiger partial charge in [-0.05, 0) is 31.2 Å². The van der Waals surface area contributed by atoms with Gasteiger partial charge in [-0.25, -0.2) is 4.79 Å². The average Bonchev–Trinajstić information content (AvgIpc) is 2.62. The predicted octanol–water partition coefficient (Wildman–Crippen LogP) is 4.19. The van der Waals surface area contributed by atoms with Gasteiger partial charge in [0, 0.05) is 0 Å². The van der Waals surface area contributed by atoms with E-state index < -0.39 is 18.0 Å². The minimum absolute atomic E-state index is 0.130. The van der Waals surface area contributed by atoms with Gasteiger partial charge in [-0.2, -0.15) is 0 Å². The van der Waals surface area contributed by atoms with E-state index in [9.17, 15) is 9.59 Å². The molecule has 0 heterocycles. The van der Waals surface area contributed by atoms with Gasteiger partial charge in [0.05, 0.1) is 35.5 Å². The molecule has 8 heteroatoms. The Kier molecular flexibility index (Phi) is 6.71. The molecule has 6 nitrogen and oxygen atoms in total. The van der Waals surface area contributed by atoms with Crippen molar-refractivity contribution in [3.63, 3.8) is 0 Å². The van der Waals surface area contributed by atoms with Gasteiger partial charge in [0.1, 0.15) is 0 Å². The summed E-state index contributed by atoms with van der Waals surface area (Å²) in [4.78, 5) is 24.5. The lowest BCUT2D eigenvalue weighted by Crippen LogP contribution is -2.30. The Hall–Kier alpha value is -2.44. The average molecular weight is 398 g/mol. The number of esters is 1. The van der Waals surface area contributed by atoms with Crippen LogP contribution < -0.4 is 14.8 Å². The van der Waals surface area contributed by atoms with Crippen LogP contribution in [-0.2, 0) is 9.53 Å². The molecule has 2 aromatic carbocycles. The maximum atomic E-state index is 12.3. The van der Waals surface area contributed by atoms with E-state index >= 15 is 0 Å². The zero-order valence-electron chi connectivity index (χ0n) is 14.3. The van der Waals surface area contributed by atoms with E-state index in [0.717, 1.165) is 0 Å². The van der Waals surface area contributed by atoms with Gasteiger partial charge >= 0.3 is 5.97 Å². The minimum Gasteiger partial charge on any atom is -0.493 e. The number of methoxy groups -OCH3 is 2. The molecular weight excluding hydrogens is 381 g/mol. The van der Waals surface area contributed by atoms with Crippen LogP contribution >= 0.6 is 23.2 Å². The van der Waals surface area contributed by atoms with Gasteiger partial charge in [-0.3, -0.25) is 4.79 Å². The zero-order valence-corrected chi connectivity index (χ0v) is 15.9. The van der Waals surface area contributed by atoms with Crippen molar-refractivity contribution < 1.29 is 23.8 Å². The quantitative estimate of drug-likeness (QED) is 0.739. The first-order valence-corrected chi connectivity index (χ1v) is 8.30. The monoisotopic (exact) mass is 397 g/mol. The second-order valence-electron chi connectivity index (χ2n) is 5.21. The lowest BCUT2D eigenvalue weighted by molar-refractivity contribution is -0.123. The van der Waals surface area contributed by atoms with Crippen LogP contribution in [0.1, 0.15) is 17.3 Å². The summed E-state index contributed by atoms with van der Waals surface area (Å²) in [7, 11) is 2.85. The summed E-state index contributed by atoms with van der Waals surface area (Å²) in [6.07, 6.45) is -1.05. The lowest BCUT2D eigenvalue weighted by atomic mass is 10.2. The molecule has 1 atom stereocenters. The molecule has 0 aromatic heterocycles. The van der Waals surface area contributed by atoms with Crippen molar-refractivity contribution in [2.24, 2.45) is 0 Å². The van der Waals surface area contributed by atoms with Gasteiger partial charge in [0.25, 0.3) is 5.91 Å². The highest BCUT2D eigenvalue weighted by molar-refractivity contribution is 6.33. The van der Waals surface area contributed by atoms with Crippen LogP contribution in [0.3, 0.4) is 0 Å². The topological polar surface area (TPSA) is 73.9 Å². The second kappa shape index (κ2) is 8.78. The fourth-order valence-corrected chi connectivity index (χ4v) is 2.59. The second-order valence-corrected chi connectivity index (χ2v) is 6.02. The molecule has 0 saturated heterocycles. The molecule has 138 valence electrons. The van der Waals surface area contributed by atoms with Crippen molar-refractivity contribution in [1.82, 2.24) is 0 Å². The molecule has 2 aromatic rings. The Labute approximate surface area is 160 Å². The van der Waals surface area contributed by atoms with E-state index in [1.807, 2.05) is 0 Å². The van der Waals surface area contributed by atoms with E-state index in [1.54, 1.807) is 24.3 Å². The Bertz CT molecular complexity index is 825.